The van der Waals surface area contributed by atoms with E-state index in [4.69, 9.17) is 4.99 Å². The molecule has 0 bridgehead atoms. The first-order chi connectivity index (χ1) is 12.8. The zero-order valence-electron chi connectivity index (χ0n) is 14.3. The van der Waals surface area contributed by atoms with E-state index in [0.29, 0.717) is 0 Å². The van der Waals surface area contributed by atoms with Gasteiger partial charge in [0, 0.05) is 11.0 Å². The molecule has 4 rings (SSSR count). The molecule has 0 saturated carbocycles. The van der Waals surface area contributed by atoms with Gasteiger partial charge in [-0.05, 0) is 22.8 Å². The van der Waals surface area contributed by atoms with Gasteiger partial charge < -0.3 is 10.6 Å². The summed E-state index contributed by atoms with van der Waals surface area (Å²) in [7, 11) is 0. The molecule has 0 aliphatic carbocycles. The molecule has 4 heteroatoms. The van der Waals surface area contributed by atoms with Crippen LogP contribution in [0.15, 0.2) is 94.4 Å². The molecule has 2 atom stereocenters. The van der Waals surface area contributed by atoms with Crippen molar-refractivity contribution in [1.82, 2.24) is 10.6 Å². The Morgan fingerprint density at radius 2 is 1.42 bits per heavy atom. The van der Waals surface area contributed by atoms with E-state index >= 15 is 0 Å². The SMILES string of the molecule is Brc1ccccc1CNC1=NC(c2ccccc2)C(c2ccccc2)N1. The predicted molar refractivity (Wildman–Crippen MR) is 110 cm³/mol. The number of benzene rings is 3. The molecule has 3 aromatic carbocycles. The number of aliphatic imine (C=N–C) groups is 1. The lowest BCUT2D eigenvalue weighted by molar-refractivity contribution is 0.570. The Morgan fingerprint density at radius 3 is 2.12 bits per heavy atom. The van der Waals surface area contributed by atoms with E-state index in [9.17, 15) is 0 Å². The van der Waals surface area contributed by atoms with Crippen LogP contribution in [0.3, 0.4) is 0 Å². The van der Waals surface area contributed by atoms with E-state index in [-0.39, 0.29) is 12.1 Å². The summed E-state index contributed by atoms with van der Waals surface area (Å²) >= 11 is 3.60. The fourth-order valence-electron chi connectivity index (χ4n) is 3.24. The molecule has 2 N–H and O–H groups in total. The van der Waals surface area contributed by atoms with Gasteiger partial charge in [-0.15, -0.1) is 0 Å². The van der Waals surface area contributed by atoms with Gasteiger partial charge in [-0.1, -0.05) is 94.8 Å². The minimum Gasteiger partial charge on any atom is -0.352 e. The summed E-state index contributed by atoms with van der Waals surface area (Å²) in [5.74, 6) is 0.837. The van der Waals surface area contributed by atoms with Gasteiger partial charge in [0.25, 0.3) is 0 Å². The lowest BCUT2D eigenvalue weighted by Gasteiger charge is -2.19. The van der Waals surface area contributed by atoms with Crippen molar-refractivity contribution in [1.29, 1.82) is 0 Å². The van der Waals surface area contributed by atoms with Crippen molar-refractivity contribution in [2.24, 2.45) is 4.99 Å². The van der Waals surface area contributed by atoms with Gasteiger partial charge in [-0.25, -0.2) is 4.99 Å². The van der Waals surface area contributed by atoms with Crippen molar-refractivity contribution in [2.75, 3.05) is 0 Å². The zero-order chi connectivity index (χ0) is 17.8. The molecule has 2 unspecified atom stereocenters. The smallest absolute Gasteiger partial charge is 0.192 e. The quantitative estimate of drug-likeness (QED) is 0.641. The topological polar surface area (TPSA) is 36.4 Å². The molecule has 1 heterocycles. The first-order valence-electron chi connectivity index (χ1n) is 8.73. The summed E-state index contributed by atoms with van der Waals surface area (Å²) in [6, 6.07) is 29.4. The Morgan fingerprint density at radius 1 is 0.808 bits per heavy atom. The fraction of sp³-hybridized carbons (Fsp3) is 0.136. The number of nitrogens with zero attached hydrogens (tertiary/aromatic N) is 1. The molecule has 3 nitrogen and oxygen atoms in total. The van der Waals surface area contributed by atoms with E-state index in [0.717, 1.165) is 17.0 Å². The second-order valence-corrected chi connectivity index (χ2v) is 7.17. The number of rotatable bonds is 4. The van der Waals surface area contributed by atoms with Crippen LogP contribution in [0.4, 0.5) is 0 Å². The monoisotopic (exact) mass is 405 g/mol. The fourth-order valence-corrected chi connectivity index (χ4v) is 3.66. The molecule has 0 amide bonds. The maximum absolute atomic E-state index is 4.94. The average molecular weight is 406 g/mol. The summed E-state index contributed by atoms with van der Waals surface area (Å²) in [6.45, 7) is 0.719. The summed E-state index contributed by atoms with van der Waals surface area (Å²) < 4.78 is 1.10. The number of guanidine groups is 1. The van der Waals surface area contributed by atoms with Crippen LogP contribution < -0.4 is 10.6 Å². The van der Waals surface area contributed by atoms with Crippen LogP contribution in [0.1, 0.15) is 28.8 Å². The normalized spacial score (nSPS) is 18.9. The average Bonchev–Trinajstić information content (AvgIpc) is 3.13. The predicted octanol–water partition coefficient (Wildman–Crippen LogP) is 4.98. The highest BCUT2D eigenvalue weighted by Gasteiger charge is 2.31. The van der Waals surface area contributed by atoms with Crippen LogP contribution in [0.25, 0.3) is 0 Å². The second kappa shape index (κ2) is 7.75. The molecule has 1 aliphatic rings. The Labute approximate surface area is 162 Å². The van der Waals surface area contributed by atoms with Gasteiger partial charge in [0.05, 0.1) is 6.04 Å². The van der Waals surface area contributed by atoms with E-state index in [1.165, 1.54) is 16.7 Å². The Bertz CT molecular complexity index is 894. The summed E-state index contributed by atoms with van der Waals surface area (Å²) in [4.78, 5) is 4.94. The molecule has 1 aliphatic heterocycles. The third kappa shape index (κ3) is 3.65. The van der Waals surface area contributed by atoms with E-state index in [1.54, 1.807) is 0 Å². The summed E-state index contributed by atoms with van der Waals surface area (Å²) in [6.07, 6.45) is 0. The van der Waals surface area contributed by atoms with Gasteiger partial charge in [0.15, 0.2) is 5.96 Å². The van der Waals surface area contributed by atoms with E-state index in [1.807, 2.05) is 24.3 Å². The molecule has 0 radical (unpaired) electrons. The number of halogens is 1. The summed E-state index contributed by atoms with van der Waals surface area (Å²) in [5.41, 5.74) is 3.66. The maximum atomic E-state index is 4.94. The minimum atomic E-state index is 0.0558. The maximum Gasteiger partial charge on any atom is 0.192 e. The number of hydrogen-bond donors (Lipinski definition) is 2. The van der Waals surface area contributed by atoms with E-state index in [2.05, 4.69) is 87.2 Å². The van der Waals surface area contributed by atoms with Gasteiger partial charge in [0.2, 0.25) is 0 Å². The van der Waals surface area contributed by atoms with Crippen molar-refractivity contribution in [2.45, 2.75) is 18.6 Å². The first kappa shape index (κ1) is 16.9. The second-order valence-electron chi connectivity index (χ2n) is 6.31. The van der Waals surface area contributed by atoms with Crippen molar-refractivity contribution >= 4 is 21.9 Å². The Balaban J connectivity index is 1.57. The van der Waals surface area contributed by atoms with Gasteiger partial charge in [0.1, 0.15) is 6.04 Å². The Kier molecular flexibility index (Phi) is 5.02. The highest BCUT2D eigenvalue weighted by Crippen LogP contribution is 2.35. The molecule has 0 spiro atoms. The van der Waals surface area contributed by atoms with Gasteiger partial charge in [-0.2, -0.15) is 0 Å². The Hall–Kier alpha value is -2.59. The molecule has 0 fully saturated rings. The zero-order valence-corrected chi connectivity index (χ0v) is 15.9. The highest BCUT2D eigenvalue weighted by atomic mass is 79.9. The standard InChI is InChI=1S/C22H20BrN3/c23-19-14-8-7-13-18(19)15-24-22-25-20(16-9-3-1-4-10-16)21(26-22)17-11-5-2-6-12-17/h1-14,20-21H,15H2,(H2,24,25,26). The van der Waals surface area contributed by atoms with Crippen LogP contribution in [0.5, 0.6) is 0 Å². The van der Waals surface area contributed by atoms with Crippen LogP contribution in [0.2, 0.25) is 0 Å². The van der Waals surface area contributed by atoms with Gasteiger partial charge in [-0.3, -0.25) is 0 Å². The van der Waals surface area contributed by atoms with Crippen molar-refractivity contribution < 1.29 is 0 Å². The molecule has 3 aromatic rings. The molecular formula is C22H20BrN3. The van der Waals surface area contributed by atoms with Crippen molar-refractivity contribution in [3.63, 3.8) is 0 Å². The molecular weight excluding hydrogens is 386 g/mol. The number of nitrogens with one attached hydrogen (secondary N) is 2. The van der Waals surface area contributed by atoms with Crippen LogP contribution in [-0.4, -0.2) is 5.96 Å². The largest absolute Gasteiger partial charge is 0.352 e. The molecule has 26 heavy (non-hydrogen) atoms. The van der Waals surface area contributed by atoms with E-state index < -0.39 is 0 Å². The highest BCUT2D eigenvalue weighted by molar-refractivity contribution is 9.10. The van der Waals surface area contributed by atoms with Gasteiger partial charge >= 0.3 is 0 Å². The van der Waals surface area contributed by atoms with Crippen LogP contribution in [-0.2, 0) is 6.54 Å². The molecule has 0 saturated heterocycles. The van der Waals surface area contributed by atoms with Crippen molar-refractivity contribution in [3.05, 3.63) is 106 Å². The van der Waals surface area contributed by atoms with Crippen LogP contribution in [0, 0.1) is 0 Å². The lowest BCUT2D eigenvalue weighted by atomic mass is 9.95. The van der Waals surface area contributed by atoms with Crippen molar-refractivity contribution in [3.8, 4) is 0 Å². The summed E-state index contributed by atoms with van der Waals surface area (Å²) in [5, 5.41) is 7.02. The molecule has 130 valence electrons. The minimum absolute atomic E-state index is 0.0558. The third-order valence-corrected chi connectivity index (χ3v) is 5.35. The van der Waals surface area contributed by atoms with Crippen LogP contribution >= 0.6 is 15.9 Å². The number of hydrogen-bond acceptors (Lipinski definition) is 3. The first-order valence-corrected chi connectivity index (χ1v) is 9.52. The lowest BCUT2D eigenvalue weighted by Crippen LogP contribution is -2.35. The third-order valence-electron chi connectivity index (χ3n) is 4.58. The molecule has 0 aromatic heterocycles.